The van der Waals surface area contributed by atoms with Gasteiger partial charge < -0.3 is 14.5 Å². The molecule has 1 heterocycles. The molecule has 124 valence electrons. The zero-order valence-corrected chi connectivity index (χ0v) is 13.8. The number of nitriles is 1. The lowest BCUT2D eigenvalue weighted by Gasteiger charge is -2.42. The number of carbonyl (C=O) groups is 1. The third kappa shape index (κ3) is 4.06. The third-order valence-electron chi connectivity index (χ3n) is 4.27. The van der Waals surface area contributed by atoms with Gasteiger partial charge in [-0.25, -0.2) is 4.39 Å². The Labute approximate surface area is 136 Å². The quantitative estimate of drug-likeness (QED) is 0.850. The first-order valence-corrected chi connectivity index (χ1v) is 7.59. The zero-order valence-electron chi connectivity index (χ0n) is 13.8. The van der Waals surface area contributed by atoms with E-state index in [4.69, 9.17) is 10.00 Å². The molecule has 2 rings (SSSR count). The minimum atomic E-state index is -0.566. The Morgan fingerprint density at radius 1 is 1.39 bits per heavy atom. The number of ether oxygens (including phenoxy) is 1. The molecule has 6 heteroatoms. The van der Waals surface area contributed by atoms with Crippen LogP contribution >= 0.6 is 0 Å². The number of hydrogen-bond donors (Lipinski definition) is 0. The van der Waals surface area contributed by atoms with Gasteiger partial charge in [-0.05, 0) is 45.1 Å². The Morgan fingerprint density at radius 2 is 2.04 bits per heavy atom. The maximum absolute atomic E-state index is 13.5. The first kappa shape index (κ1) is 17.4. The summed E-state index contributed by atoms with van der Waals surface area (Å²) in [6.07, 6.45) is 1.46. The van der Waals surface area contributed by atoms with Gasteiger partial charge in [0.1, 0.15) is 5.82 Å². The molecule has 0 unspecified atom stereocenters. The van der Waals surface area contributed by atoms with Crippen LogP contribution < -0.4 is 0 Å². The number of carbonyl (C=O) groups excluding carboxylic acids is 1. The molecule has 1 saturated heterocycles. The number of hydrogen-bond acceptors (Lipinski definition) is 4. The Kier molecular flexibility index (Phi) is 5.34. The first-order chi connectivity index (χ1) is 10.9. The Bertz CT molecular complexity index is 617. The van der Waals surface area contributed by atoms with Crippen molar-refractivity contribution in [2.24, 2.45) is 0 Å². The van der Waals surface area contributed by atoms with Crippen molar-refractivity contribution < 1.29 is 13.9 Å². The lowest BCUT2D eigenvalue weighted by molar-refractivity contribution is -0.0654. The van der Waals surface area contributed by atoms with E-state index in [0.29, 0.717) is 13.1 Å². The van der Waals surface area contributed by atoms with Gasteiger partial charge in [0, 0.05) is 32.3 Å². The molecule has 1 aliphatic rings. The molecule has 1 aromatic rings. The number of likely N-dealkylation sites (N-methyl/N-ethyl adjacent to an activating group) is 1. The zero-order chi connectivity index (χ0) is 17.0. The molecule has 1 aromatic carbocycles. The van der Waals surface area contributed by atoms with Gasteiger partial charge in [-0.1, -0.05) is 0 Å². The van der Waals surface area contributed by atoms with E-state index in [0.717, 1.165) is 25.5 Å². The van der Waals surface area contributed by atoms with Crippen LogP contribution in [-0.4, -0.2) is 62.1 Å². The summed E-state index contributed by atoms with van der Waals surface area (Å²) in [5.41, 5.74) is 0.128. The average Bonchev–Trinajstić information content (AvgIpc) is 2.53. The van der Waals surface area contributed by atoms with E-state index in [2.05, 4.69) is 4.90 Å². The normalized spacial score (nSPS) is 17.1. The summed E-state index contributed by atoms with van der Waals surface area (Å²) in [5, 5.41) is 8.90. The van der Waals surface area contributed by atoms with Gasteiger partial charge in [-0.2, -0.15) is 5.26 Å². The predicted molar refractivity (Wildman–Crippen MR) is 84.5 cm³/mol. The van der Waals surface area contributed by atoms with Crippen LogP contribution in [0.1, 0.15) is 28.8 Å². The second-order valence-corrected chi connectivity index (χ2v) is 6.26. The van der Waals surface area contributed by atoms with Crippen molar-refractivity contribution in [2.45, 2.75) is 18.4 Å². The Morgan fingerprint density at radius 3 is 2.57 bits per heavy atom. The lowest BCUT2D eigenvalue weighted by Crippen LogP contribution is -2.52. The van der Waals surface area contributed by atoms with Gasteiger partial charge in [0.25, 0.3) is 5.91 Å². The molecule has 0 saturated carbocycles. The minimum Gasteiger partial charge on any atom is -0.377 e. The van der Waals surface area contributed by atoms with Gasteiger partial charge in [-0.15, -0.1) is 0 Å². The molecule has 1 fully saturated rings. The van der Waals surface area contributed by atoms with Crippen LogP contribution in [0.4, 0.5) is 4.39 Å². The van der Waals surface area contributed by atoms with Crippen LogP contribution in [0, 0.1) is 17.1 Å². The monoisotopic (exact) mass is 319 g/mol. The van der Waals surface area contributed by atoms with Crippen molar-refractivity contribution in [3.8, 4) is 6.07 Å². The smallest absolute Gasteiger partial charge is 0.254 e. The molecule has 23 heavy (non-hydrogen) atoms. The molecule has 0 N–H and O–H groups in total. The van der Waals surface area contributed by atoms with Gasteiger partial charge in [0.05, 0.1) is 17.2 Å². The molecule has 0 atom stereocenters. The highest BCUT2D eigenvalue weighted by molar-refractivity contribution is 5.94. The molecule has 0 aliphatic carbocycles. The molecule has 0 radical (unpaired) electrons. The van der Waals surface area contributed by atoms with Crippen molar-refractivity contribution in [2.75, 3.05) is 40.8 Å². The highest BCUT2D eigenvalue weighted by Gasteiger charge is 2.36. The summed E-state index contributed by atoms with van der Waals surface area (Å²) in [7, 11) is 5.69. The van der Waals surface area contributed by atoms with E-state index in [-0.39, 0.29) is 22.6 Å². The predicted octanol–water partition coefficient (Wildman–Crippen LogP) is 1.88. The van der Waals surface area contributed by atoms with E-state index >= 15 is 0 Å². The fraction of sp³-hybridized carbons (Fsp3) is 0.529. The van der Waals surface area contributed by atoms with Gasteiger partial charge in [-0.3, -0.25) is 4.79 Å². The van der Waals surface area contributed by atoms with E-state index < -0.39 is 5.82 Å². The van der Waals surface area contributed by atoms with Crippen LogP contribution in [-0.2, 0) is 4.74 Å². The molecule has 0 aromatic heterocycles. The summed E-state index contributed by atoms with van der Waals surface area (Å²) in [6.45, 7) is 1.90. The second-order valence-electron chi connectivity index (χ2n) is 6.26. The average molecular weight is 319 g/mol. The molecule has 1 aliphatic heterocycles. The molecular weight excluding hydrogens is 297 g/mol. The molecule has 5 nitrogen and oxygen atoms in total. The van der Waals surface area contributed by atoms with Crippen LogP contribution in [0.25, 0.3) is 0 Å². The van der Waals surface area contributed by atoms with Crippen LogP contribution in [0.3, 0.4) is 0 Å². The number of piperidine rings is 1. The topological polar surface area (TPSA) is 56.6 Å². The summed E-state index contributed by atoms with van der Waals surface area (Å²) < 4.78 is 19.2. The third-order valence-corrected chi connectivity index (χ3v) is 4.27. The van der Waals surface area contributed by atoms with Crippen LogP contribution in [0.15, 0.2) is 18.2 Å². The number of rotatable bonds is 4. The van der Waals surface area contributed by atoms with Crippen molar-refractivity contribution >= 4 is 5.91 Å². The van der Waals surface area contributed by atoms with Crippen LogP contribution in [0.2, 0.25) is 0 Å². The molecule has 0 spiro atoms. The van der Waals surface area contributed by atoms with Gasteiger partial charge in [0.15, 0.2) is 0 Å². The van der Waals surface area contributed by atoms with Crippen molar-refractivity contribution in [1.82, 2.24) is 9.80 Å². The second kappa shape index (κ2) is 7.07. The lowest BCUT2D eigenvalue weighted by atomic mass is 9.90. The van der Waals surface area contributed by atoms with E-state index in [1.54, 1.807) is 12.0 Å². The van der Waals surface area contributed by atoms with E-state index in [1.165, 1.54) is 12.1 Å². The number of methoxy groups -OCH3 is 1. The van der Waals surface area contributed by atoms with Gasteiger partial charge >= 0.3 is 0 Å². The maximum atomic E-state index is 13.5. The van der Waals surface area contributed by atoms with Crippen molar-refractivity contribution in [3.05, 3.63) is 35.1 Å². The minimum absolute atomic E-state index is 0.157. The number of amides is 1. The largest absolute Gasteiger partial charge is 0.377 e. The number of likely N-dealkylation sites (tertiary alicyclic amines) is 1. The first-order valence-electron chi connectivity index (χ1n) is 7.59. The summed E-state index contributed by atoms with van der Waals surface area (Å²) in [4.78, 5) is 16.3. The molecule has 0 bridgehead atoms. The number of halogens is 1. The summed E-state index contributed by atoms with van der Waals surface area (Å²) >= 11 is 0. The summed E-state index contributed by atoms with van der Waals surface area (Å²) in [5.74, 6) is -0.807. The SMILES string of the molecule is COC1(CN(C)C)CCN(C(=O)c2cc(F)cc(C#N)c2)CC1. The van der Waals surface area contributed by atoms with E-state index in [9.17, 15) is 9.18 Å². The number of benzene rings is 1. The summed E-state index contributed by atoms with van der Waals surface area (Å²) in [6, 6.07) is 5.61. The highest BCUT2D eigenvalue weighted by atomic mass is 19.1. The Hall–Kier alpha value is -1.97. The van der Waals surface area contributed by atoms with Crippen molar-refractivity contribution in [3.63, 3.8) is 0 Å². The fourth-order valence-corrected chi connectivity index (χ4v) is 3.08. The molecule has 1 amide bonds. The molecular formula is C17H22FN3O2. The highest BCUT2D eigenvalue weighted by Crippen LogP contribution is 2.27. The van der Waals surface area contributed by atoms with Crippen molar-refractivity contribution in [1.29, 1.82) is 5.26 Å². The van der Waals surface area contributed by atoms with E-state index in [1.807, 2.05) is 20.2 Å². The Balaban J connectivity index is 2.09. The van der Waals surface area contributed by atoms with Crippen LogP contribution in [0.5, 0.6) is 0 Å². The number of nitrogens with zero attached hydrogens (tertiary/aromatic N) is 3. The van der Waals surface area contributed by atoms with Gasteiger partial charge in [0.2, 0.25) is 0 Å². The maximum Gasteiger partial charge on any atom is 0.254 e. The fourth-order valence-electron chi connectivity index (χ4n) is 3.08. The standard InChI is InChI=1S/C17H22FN3O2/c1-20(2)12-17(23-3)4-6-21(7-5-17)16(22)14-8-13(11-19)9-15(18)10-14/h8-10H,4-7,12H2,1-3H3.